The van der Waals surface area contributed by atoms with Crippen LogP contribution in [-0.2, 0) is 7.05 Å². The van der Waals surface area contributed by atoms with Crippen LogP contribution in [0, 0.1) is 0 Å². The molecule has 74 valence electrons. The van der Waals surface area contributed by atoms with Gasteiger partial charge in [0.15, 0.2) is 5.82 Å². The second-order valence-corrected chi connectivity index (χ2v) is 2.97. The Balaban J connectivity index is 2.39. The Morgan fingerprint density at radius 2 is 2.36 bits per heavy atom. The van der Waals surface area contributed by atoms with Crippen molar-refractivity contribution in [3.63, 3.8) is 0 Å². The van der Waals surface area contributed by atoms with E-state index in [0.717, 1.165) is 5.69 Å². The van der Waals surface area contributed by atoms with Gasteiger partial charge in [-0.25, -0.2) is 0 Å². The Morgan fingerprint density at radius 1 is 1.57 bits per heavy atom. The third kappa shape index (κ3) is 1.39. The summed E-state index contributed by atoms with van der Waals surface area (Å²) in [5, 5.41) is 16.8. The molecule has 1 atom stereocenters. The van der Waals surface area contributed by atoms with Gasteiger partial charge in [0.1, 0.15) is 11.8 Å². The predicted molar refractivity (Wildman–Crippen MR) is 47.1 cm³/mol. The molecule has 14 heavy (non-hydrogen) atoms. The molecule has 0 saturated heterocycles. The van der Waals surface area contributed by atoms with E-state index in [1.807, 2.05) is 0 Å². The number of rotatable bonds is 2. The summed E-state index contributed by atoms with van der Waals surface area (Å²) in [5.41, 5.74) is 0.726. The third-order valence-electron chi connectivity index (χ3n) is 1.86. The van der Waals surface area contributed by atoms with E-state index in [2.05, 4.69) is 15.2 Å². The lowest BCUT2D eigenvalue weighted by Crippen LogP contribution is -1.95. The molecule has 0 radical (unpaired) electrons. The summed E-state index contributed by atoms with van der Waals surface area (Å²) in [6.45, 7) is 1.58. The molecule has 0 amide bonds. The monoisotopic (exact) mass is 194 g/mol. The summed E-state index contributed by atoms with van der Waals surface area (Å²) in [6.07, 6.45) is 0.919. The summed E-state index contributed by atoms with van der Waals surface area (Å²) >= 11 is 0. The van der Waals surface area contributed by atoms with Crippen molar-refractivity contribution in [2.45, 2.75) is 13.0 Å². The van der Waals surface area contributed by atoms with Crippen molar-refractivity contribution >= 4 is 0 Å². The van der Waals surface area contributed by atoms with E-state index in [4.69, 9.17) is 4.52 Å². The van der Waals surface area contributed by atoms with Crippen LogP contribution in [0.2, 0.25) is 0 Å². The van der Waals surface area contributed by atoms with Gasteiger partial charge in [-0.2, -0.15) is 10.1 Å². The Bertz CT molecular complexity index is 432. The van der Waals surface area contributed by atoms with Crippen LogP contribution < -0.4 is 0 Å². The van der Waals surface area contributed by atoms with Crippen LogP contribution in [-0.4, -0.2) is 25.0 Å². The normalized spacial score (nSPS) is 13.1. The summed E-state index contributed by atoms with van der Waals surface area (Å²) in [5.74, 6) is 0.641. The number of aromatic nitrogens is 4. The van der Waals surface area contributed by atoms with E-state index < -0.39 is 6.10 Å². The minimum absolute atomic E-state index is 0.279. The first-order chi connectivity index (χ1) is 6.68. The van der Waals surface area contributed by atoms with Gasteiger partial charge in [0.2, 0.25) is 0 Å². The van der Waals surface area contributed by atoms with Crippen LogP contribution >= 0.6 is 0 Å². The Morgan fingerprint density at radius 3 is 2.86 bits per heavy atom. The van der Waals surface area contributed by atoms with Crippen molar-refractivity contribution in [1.82, 2.24) is 19.9 Å². The first kappa shape index (κ1) is 8.89. The van der Waals surface area contributed by atoms with Gasteiger partial charge in [-0.3, -0.25) is 4.68 Å². The molecular formula is C8H10N4O2. The third-order valence-corrected chi connectivity index (χ3v) is 1.86. The maximum absolute atomic E-state index is 9.20. The molecule has 0 fully saturated rings. The zero-order chi connectivity index (χ0) is 10.1. The second-order valence-electron chi connectivity index (χ2n) is 2.97. The summed E-state index contributed by atoms with van der Waals surface area (Å²) in [4.78, 5) is 4.02. The van der Waals surface area contributed by atoms with Gasteiger partial charge >= 0.3 is 0 Å². The van der Waals surface area contributed by atoms with Gasteiger partial charge in [-0.1, -0.05) is 5.16 Å². The van der Waals surface area contributed by atoms with Gasteiger partial charge in [0.25, 0.3) is 5.89 Å². The fourth-order valence-corrected chi connectivity index (χ4v) is 1.09. The van der Waals surface area contributed by atoms with E-state index in [1.54, 1.807) is 30.9 Å². The average molecular weight is 194 g/mol. The number of aliphatic hydroxyl groups excluding tert-OH is 1. The van der Waals surface area contributed by atoms with Crippen LogP contribution in [0.4, 0.5) is 0 Å². The molecule has 2 heterocycles. The van der Waals surface area contributed by atoms with Crippen LogP contribution in [0.1, 0.15) is 18.9 Å². The van der Waals surface area contributed by atoms with Crippen molar-refractivity contribution in [2.75, 3.05) is 0 Å². The molecule has 0 spiro atoms. The van der Waals surface area contributed by atoms with Crippen molar-refractivity contribution in [1.29, 1.82) is 0 Å². The van der Waals surface area contributed by atoms with Crippen molar-refractivity contribution in [3.8, 4) is 11.6 Å². The lowest BCUT2D eigenvalue weighted by Gasteiger charge is -1.93. The molecule has 6 heteroatoms. The fraction of sp³-hybridized carbons (Fsp3) is 0.375. The number of hydrogen-bond acceptors (Lipinski definition) is 5. The Kier molecular flexibility index (Phi) is 2.05. The minimum Gasteiger partial charge on any atom is -0.385 e. The molecule has 0 aliphatic heterocycles. The summed E-state index contributed by atoms with van der Waals surface area (Å²) < 4.78 is 6.59. The number of aryl methyl sites for hydroxylation is 1. The van der Waals surface area contributed by atoms with E-state index in [9.17, 15) is 5.11 Å². The highest BCUT2D eigenvalue weighted by Crippen LogP contribution is 2.17. The molecule has 0 bridgehead atoms. The van der Waals surface area contributed by atoms with Gasteiger partial charge < -0.3 is 9.63 Å². The number of aliphatic hydroxyl groups is 1. The quantitative estimate of drug-likeness (QED) is 0.754. The van der Waals surface area contributed by atoms with Crippen LogP contribution in [0.3, 0.4) is 0 Å². The molecule has 1 unspecified atom stereocenters. The largest absolute Gasteiger partial charge is 0.385 e. The second kappa shape index (κ2) is 3.22. The highest BCUT2D eigenvalue weighted by Gasteiger charge is 2.14. The van der Waals surface area contributed by atoms with Crippen LogP contribution in [0.25, 0.3) is 11.6 Å². The van der Waals surface area contributed by atoms with Crippen LogP contribution in [0.15, 0.2) is 16.8 Å². The highest BCUT2D eigenvalue weighted by molar-refractivity contribution is 5.45. The van der Waals surface area contributed by atoms with Gasteiger partial charge in [0.05, 0.1) is 0 Å². The van der Waals surface area contributed by atoms with Gasteiger partial charge in [0, 0.05) is 13.2 Å². The van der Waals surface area contributed by atoms with E-state index in [-0.39, 0.29) is 5.82 Å². The molecule has 2 rings (SSSR count). The number of nitrogens with zero attached hydrogens (tertiary/aromatic N) is 4. The van der Waals surface area contributed by atoms with Crippen LogP contribution in [0.5, 0.6) is 0 Å². The molecular weight excluding hydrogens is 184 g/mol. The molecule has 0 aliphatic rings. The minimum atomic E-state index is -0.722. The maximum atomic E-state index is 9.20. The average Bonchev–Trinajstić information content (AvgIpc) is 2.71. The molecule has 0 aliphatic carbocycles. The molecule has 0 saturated carbocycles. The lowest BCUT2D eigenvalue weighted by atomic mass is 10.4. The van der Waals surface area contributed by atoms with Crippen molar-refractivity contribution in [3.05, 3.63) is 18.1 Å². The first-order valence-electron chi connectivity index (χ1n) is 4.18. The smallest absolute Gasteiger partial charge is 0.276 e. The summed E-state index contributed by atoms with van der Waals surface area (Å²) in [7, 11) is 1.78. The fourth-order valence-electron chi connectivity index (χ4n) is 1.09. The molecule has 1 N–H and O–H groups in total. The predicted octanol–water partition coefficient (Wildman–Crippen LogP) is 0.523. The molecule has 2 aromatic rings. The maximum Gasteiger partial charge on any atom is 0.276 e. The Hall–Kier alpha value is -1.69. The van der Waals surface area contributed by atoms with Gasteiger partial charge in [-0.15, -0.1) is 0 Å². The molecule has 0 aromatic carbocycles. The zero-order valence-electron chi connectivity index (χ0n) is 7.88. The van der Waals surface area contributed by atoms with E-state index in [0.29, 0.717) is 5.89 Å². The van der Waals surface area contributed by atoms with E-state index >= 15 is 0 Å². The SMILES string of the molecule is CC(O)c1noc(-c2ccnn2C)n1. The zero-order valence-corrected chi connectivity index (χ0v) is 7.88. The first-order valence-corrected chi connectivity index (χ1v) is 4.18. The summed E-state index contributed by atoms with van der Waals surface area (Å²) in [6, 6.07) is 1.76. The Labute approximate surface area is 80.2 Å². The van der Waals surface area contributed by atoms with Gasteiger partial charge in [-0.05, 0) is 13.0 Å². The highest BCUT2D eigenvalue weighted by atomic mass is 16.5. The number of hydrogen-bond donors (Lipinski definition) is 1. The standard InChI is InChI=1S/C8H10N4O2/c1-5(13)7-10-8(14-11-7)6-3-4-9-12(6)2/h3-5,13H,1-2H3. The molecule has 2 aromatic heterocycles. The molecule has 6 nitrogen and oxygen atoms in total. The van der Waals surface area contributed by atoms with Crippen molar-refractivity contribution < 1.29 is 9.63 Å². The van der Waals surface area contributed by atoms with E-state index in [1.165, 1.54) is 0 Å². The lowest BCUT2D eigenvalue weighted by molar-refractivity contribution is 0.184. The van der Waals surface area contributed by atoms with Crippen molar-refractivity contribution in [2.24, 2.45) is 7.05 Å². The topological polar surface area (TPSA) is 77.0 Å².